The number of ketones is 2. The Morgan fingerprint density at radius 1 is 1.06 bits per heavy atom. The first-order valence-electron chi connectivity index (χ1n) is 11.4. The van der Waals surface area contributed by atoms with E-state index in [9.17, 15) is 29.1 Å². The van der Waals surface area contributed by atoms with E-state index in [4.69, 9.17) is 15.2 Å². The van der Waals surface area contributed by atoms with E-state index in [-0.39, 0.29) is 58.4 Å². The Labute approximate surface area is 206 Å². The highest BCUT2D eigenvalue weighted by Gasteiger charge is 2.58. The van der Waals surface area contributed by atoms with Gasteiger partial charge in [-0.2, -0.15) is 4.90 Å². The predicted octanol–water partition coefficient (Wildman–Crippen LogP) is 1.92. The molecule has 4 amide bonds. The third-order valence-corrected chi connectivity index (χ3v) is 7.60. The van der Waals surface area contributed by atoms with Crippen LogP contribution in [-0.2, 0) is 19.2 Å². The average Bonchev–Trinajstić information content (AvgIpc) is 3.10. The summed E-state index contributed by atoms with van der Waals surface area (Å²) in [6.45, 7) is 1.56. The molecule has 0 radical (unpaired) electrons. The lowest BCUT2D eigenvalue weighted by atomic mass is 9.59. The lowest BCUT2D eigenvalue weighted by Crippen LogP contribution is -2.42. The van der Waals surface area contributed by atoms with E-state index in [1.807, 2.05) is 0 Å². The van der Waals surface area contributed by atoms with Crippen LogP contribution >= 0.6 is 0 Å². The number of fused-ring (bicyclic) bond motifs is 3. The highest BCUT2D eigenvalue weighted by molar-refractivity contribution is 6.24. The van der Waals surface area contributed by atoms with Gasteiger partial charge in [0, 0.05) is 40.3 Å². The Hall–Kier alpha value is -4.21. The van der Waals surface area contributed by atoms with Crippen molar-refractivity contribution >= 4 is 29.4 Å². The Morgan fingerprint density at radius 2 is 1.69 bits per heavy atom. The molecule has 1 aromatic rings. The van der Waals surface area contributed by atoms with Crippen molar-refractivity contribution < 1.29 is 38.6 Å². The molecule has 0 bridgehead atoms. The van der Waals surface area contributed by atoms with Gasteiger partial charge in [-0.05, 0) is 31.8 Å². The van der Waals surface area contributed by atoms with Gasteiger partial charge in [-0.3, -0.25) is 19.2 Å². The van der Waals surface area contributed by atoms with Crippen LogP contribution in [0.1, 0.15) is 31.2 Å². The molecule has 1 fully saturated rings. The zero-order chi connectivity index (χ0) is 26.0. The number of nitrogens with zero attached hydrogens (tertiary/aromatic N) is 1. The quantitative estimate of drug-likeness (QED) is 0.369. The smallest absolute Gasteiger partial charge is 0.328 e. The maximum absolute atomic E-state index is 13.5. The number of phenols is 1. The van der Waals surface area contributed by atoms with Gasteiger partial charge in [0.2, 0.25) is 11.8 Å². The predicted molar refractivity (Wildman–Crippen MR) is 124 cm³/mol. The lowest BCUT2D eigenvalue weighted by Gasteiger charge is -2.42. The number of carbonyl (C=O) groups is 5. The van der Waals surface area contributed by atoms with Crippen molar-refractivity contribution in [3.8, 4) is 17.2 Å². The summed E-state index contributed by atoms with van der Waals surface area (Å²) in [5, 5.41) is 10.2. The summed E-state index contributed by atoms with van der Waals surface area (Å²) in [7, 11) is 2.81. The number of rotatable bonds is 3. The van der Waals surface area contributed by atoms with Crippen LogP contribution in [0, 0.1) is 17.8 Å². The molecule has 5 rings (SSSR count). The number of methoxy groups -OCH3 is 2. The fraction of sp³-hybridized carbons (Fsp3) is 0.346. The standard InChI is InChI=1S/C26H24N2O8/c1-10-6-16(30)15-9-14-12(4-5-13-19(14)25(33)28(24(13)32)26(27)34)20(21(15)23(10)31)22-17(35-2)7-11(29)8-18(22)36-3/h4,6-8,13-14,19-20,29H,5,9H2,1-3H3,(H2,27,34)/t13-,14+,19-,20-/m0/s1. The van der Waals surface area contributed by atoms with Crippen molar-refractivity contribution in [2.45, 2.75) is 25.7 Å². The Kier molecular flexibility index (Phi) is 5.35. The van der Waals surface area contributed by atoms with Gasteiger partial charge >= 0.3 is 6.03 Å². The number of amides is 4. The number of imide groups is 3. The molecule has 0 spiro atoms. The SMILES string of the molecule is COc1cc(O)cc(OC)c1[C@H]1C2=CC[C@@H]3C(=O)N(C(N)=O)C(=O)[C@@H]3[C@@H]2CC2=C1C(=O)C(C)=CC2=O. The molecule has 36 heavy (non-hydrogen) atoms. The van der Waals surface area contributed by atoms with E-state index in [0.717, 1.165) is 0 Å². The molecule has 10 heteroatoms. The zero-order valence-corrected chi connectivity index (χ0v) is 19.9. The van der Waals surface area contributed by atoms with Gasteiger partial charge in [0.1, 0.15) is 17.2 Å². The number of hydrogen-bond acceptors (Lipinski definition) is 8. The number of likely N-dealkylation sites (tertiary alicyclic amines) is 1. The van der Waals surface area contributed by atoms with Crippen molar-refractivity contribution in [2.75, 3.05) is 14.2 Å². The van der Waals surface area contributed by atoms with Crippen LogP contribution in [0.3, 0.4) is 0 Å². The topological polar surface area (TPSA) is 153 Å². The van der Waals surface area contributed by atoms with E-state index in [0.29, 0.717) is 16.0 Å². The van der Waals surface area contributed by atoms with Gasteiger partial charge in [-0.1, -0.05) is 11.6 Å². The van der Waals surface area contributed by atoms with Gasteiger partial charge in [0.15, 0.2) is 11.6 Å². The maximum Gasteiger partial charge on any atom is 0.328 e. The summed E-state index contributed by atoms with van der Waals surface area (Å²) in [5.74, 6) is -4.89. The number of aromatic hydroxyl groups is 1. The molecule has 1 aromatic carbocycles. The molecule has 4 aliphatic rings. The van der Waals surface area contributed by atoms with Gasteiger partial charge < -0.3 is 20.3 Å². The van der Waals surface area contributed by atoms with Gasteiger partial charge in [-0.15, -0.1) is 0 Å². The first-order valence-corrected chi connectivity index (χ1v) is 11.4. The number of hydrogen-bond donors (Lipinski definition) is 2. The van der Waals surface area contributed by atoms with Crippen molar-refractivity contribution in [3.63, 3.8) is 0 Å². The van der Waals surface area contributed by atoms with Gasteiger partial charge in [0.25, 0.3) is 0 Å². The van der Waals surface area contributed by atoms with Crippen LogP contribution in [0.25, 0.3) is 0 Å². The number of allylic oxidation sites excluding steroid dienone is 6. The third kappa shape index (κ3) is 3.13. The lowest BCUT2D eigenvalue weighted by molar-refractivity contribution is -0.136. The molecule has 1 aliphatic heterocycles. The minimum absolute atomic E-state index is 0.0571. The van der Waals surface area contributed by atoms with Crippen LogP contribution in [0.4, 0.5) is 4.79 Å². The molecule has 3 aliphatic carbocycles. The van der Waals surface area contributed by atoms with Gasteiger partial charge in [0.05, 0.1) is 26.1 Å². The normalized spacial score (nSPS) is 27.2. The molecule has 4 atom stereocenters. The van der Waals surface area contributed by atoms with Crippen molar-refractivity contribution in [2.24, 2.45) is 23.5 Å². The molecule has 0 aromatic heterocycles. The van der Waals surface area contributed by atoms with E-state index in [2.05, 4.69) is 0 Å². The molecule has 186 valence electrons. The number of nitrogens with two attached hydrogens (primary N) is 1. The van der Waals surface area contributed by atoms with E-state index >= 15 is 0 Å². The fourth-order valence-electron chi connectivity index (χ4n) is 6.12. The summed E-state index contributed by atoms with van der Waals surface area (Å²) >= 11 is 0. The maximum atomic E-state index is 13.5. The molecular formula is C26H24N2O8. The summed E-state index contributed by atoms with van der Waals surface area (Å²) in [6.07, 6.45) is 3.29. The molecule has 3 N–H and O–H groups in total. The highest BCUT2D eigenvalue weighted by Crippen LogP contribution is 2.57. The van der Waals surface area contributed by atoms with Crippen LogP contribution < -0.4 is 15.2 Å². The van der Waals surface area contributed by atoms with Crippen molar-refractivity contribution in [1.82, 2.24) is 4.90 Å². The summed E-state index contributed by atoms with van der Waals surface area (Å²) in [4.78, 5) is 65.1. The van der Waals surface area contributed by atoms with E-state index in [1.165, 1.54) is 32.4 Å². The first kappa shape index (κ1) is 23.5. The molecule has 10 nitrogen and oxygen atoms in total. The van der Waals surface area contributed by atoms with Crippen molar-refractivity contribution in [3.05, 3.63) is 52.1 Å². The Morgan fingerprint density at radius 3 is 2.28 bits per heavy atom. The zero-order valence-electron chi connectivity index (χ0n) is 19.9. The van der Waals surface area contributed by atoms with Crippen molar-refractivity contribution in [1.29, 1.82) is 0 Å². The molecule has 0 saturated carbocycles. The second-order valence-corrected chi connectivity index (χ2v) is 9.34. The molecule has 1 heterocycles. The fourth-order valence-corrected chi connectivity index (χ4v) is 6.12. The van der Waals surface area contributed by atoms with E-state index in [1.54, 1.807) is 13.0 Å². The number of urea groups is 1. The number of primary amides is 1. The largest absolute Gasteiger partial charge is 0.508 e. The number of benzene rings is 1. The number of Topliss-reactive ketones (excluding diaryl/α,β-unsaturated/α-hetero) is 1. The summed E-state index contributed by atoms with van der Waals surface area (Å²) in [5.41, 5.74) is 7.17. The monoisotopic (exact) mass is 492 g/mol. The minimum Gasteiger partial charge on any atom is -0.508 e. The second-order valence-electron chi connectivity index (χ2n) is 9.34. The van der Waals surface area contributed by atoms with Crippen LogP contribution in [0.2, 0.25) is 0 Å². The van der Waals surface area contributed by atoms with Crippen LogP contribution in [0.5, 0.6) is 17.2 Å². The molecular weight excluding hydrogens is 468 g/mol. The van der Waals surface area contributed by atoms with E-state index < -0.39 is 41.5 Å². The summed E-state index contributed by atoms with van der Waals surface area (Å²) < 4.78 is 11.1. The second kappa shape index (κ2) is 8.18. The Balaban J connectivity index is 1.77. The number of ether oxygens (including phenoxy) is 2. The summed E-state index contributed by atoms with van der Waals surface area (Å²) in [6, 6.07) is 1.62. The first-order chi connectivity index (χ1) is 17.1. The Bertz CT molecular complexity index is 1340. The number of carbonyl (C=O) groups excluding carboxylic acids is 5. The average molecular weight is 492 g/mol. The van der Waals surface area contributed by atoms with Gasteiger partial charge in [-0.25, -0.2) is 4.79 Å². The number of phenolic OH excluding ortho intramolecular Hbond substituents is 1. The van der Waals surface area contributed by atoms with Crippen LogP contribution in [-0.4, -0.2) is 53.6 Å². The minimum atomic E-state index is -1.14. The molecule has 1 saturated heterocycles. The third-order valence-electron chi connectivity index (χ3n) is 7.60. The van der Waals surface area contributed by atoms with Crippen LogP contribution in [0.15, 0.2) is 46.6 Å². The molecule has 0 unspecified atom stereocenters. The highest BCUT2D eigenvalue weighted by atomic mass is 16.5.